The number of methoxy groups -OCH3 is 1. The number of aliphatic hydroxyl groups excluding tert-OH is 1. The summed E-state index contributed by atoms with van der Waals surface area (Å²) < 4.78 is 17.5. The number of hydrogen-bond donors (Lipinski definition) is 1. The lowest BCUT2D eigenvalue weighted by Crippen LogP contribution is -2.44. The van der Waals surface area contributed by atoms with Crippen molar-refractivity contribution >= 4 is 27.8 Å². The number of esters is 1. The van der Waals surface area contributed by atoms with Crippen LogP contribution in [0.1, 0.15) is 30.9 Å². The lowest BCUT2D eigenvalue weighted by atomic mass is 9.69. The van der Waals surface area contributed by atoms with E-state index in [1.165, 1.54) is 4.90 Å². The van der Waals surface area contributed by atoms with Crippen LogP contribution in [0.2, 0.25) is 0 Å². The Morgan fingerprint density at radius 3 is 2.96 bits per heavy atom. The molecule has 7 nitrogen and oxygen atoms in total. The summed E-state index contributed by atoms with van der Waals surface area (Å²) in [5, 5.41) is 10.1. The molecular formula is C20H22BrNO6. The van der Waals surface area contributed by atoms with Crippen LogP contribution in [0.25, 0.3) is 0 Å². The minimum atomic E-state index is -0.843. The number of carbonyl (C=O) groups excluding carboxylic acids is 2. The van der Waals surface area contributed by atoms with Crippen molar-refractivity contribution in [1.29, 1.82) is 0 Å². The number of aliphatic hydroxyl groups is 1. The van der Waals surface area contributed by atoms with Crippen LogP contribution in [-0.2, 0) is 26.3 Å². The molecule has 1 aliphatic carbocycles. The minimum Gasteiger partial charge on any atom is -0.493 e. The topological polar surface area (TPSA) is 85.3 Å². The third-order valence-corrected chi connectivity index (χ3v) is 6.48. The summed E-state index contributed by atoms with van der Waals surface area (Å²) in [5.74, 6) is -0.237. The maximum Gasteiger partial charge on any atom is 0.397 e. The molecule has 1 aromatic rings. The van der Waals surface area contributed by atoms with E-state index >= 15 is 0 Å². The highest BCUT2D eigenvalue weighted by Crippen LogP contribution is 2.57. The number of nitrogens with zero attached hydrogens (tertiary/aromatic N) is 1. The summed E-state index contributed by atoms with van der Waals surface area (Å²) in [6.07, 6.45) is 3.97. The fourth-order valence-electron chi connectivity index (χ4n) is 4.46. The number of rotatable bonds is 2. The van der Waals surface area contributed by atoms with Gasteiger partial charge >= 0.3 is 11.9 Å². The number of hydrogen-bond acceptors (Lipinski definition) is 6. The van der Waals surface area contributed by atoms with Gasteiger partial charge in [0.1, 0.15) is 6.10 Å². The molecule has 0 saturated carbocycles. The summed E-state index contributed by atoms with van der Waals surface area (Å²) in [7, 11) is 1.58. The smallest absolute Gasteiger partial charge is 0.397 e. The highest BCUT2D eigenvalue weighted by Gasteiger charge is 2.53. The van der Waals surface area contributed by atoms with Crippen molar-refractivity contribution in [2.24, 2.45) is 0 Å². The molecule has 2 heterocycles. The second-order valence-corrected chi connectivity index (χ2v) is 8.10. The molecule has 8 heteroatoms. The maximum absolute atomic E-state index is 12.6. The predicted molar refractivity (Wildman–Crippen MR) is 103 cm³/mol. The molecule has 0 saturated heterocycles. The Kier molecular flexibility index (Phi) is 4.87. The van der Waals surface area contributed by atoms with Crippen LogP contribution in [0.3, 0.4) is 0 Å². The van der Waals surface area contributed by atoms with Gasteiger partial charge in [0.2, 0.25) is 0 Å². The highest BCUT2D eigenvalue weighted by atomic mass is 79.9. The molecule has 4 rings (SSSR count). The Hall–Kier alpha value is -2.06. The van der Waals surface area contributed by atoms with Gasteiger partial charge in [-0.15, -0.1) is 0 Å². The molecule has 0 bridgehead atoms. The van der Waals surface area contributed by atoms with Crippen molar-refractivity contribution in [2.45, 2.75) is 43.9 Å². The van der Waals surface area contributed by atoms with Crippen LogP contribution in [0.5, 0.6) is 11.5 Å². The quantitative estimate of drug-likeness (QED) is 0.420. The summed E-state index contributed by atoms with van der Waals surface area (Å²) in [4.78, 5) is 26.2. The fraction of sp³-hybridized carbons (Fsp3) is 0.500. The van der Waals surface area contributed by atoms with Gasteiger partial charge in [-0.2, -0.15) is 0 Å². The van der Waals surface area contributed by atoms with Gasteiger partial charge in [0.25, 0.3) is 0 Å². The van der Waals surface area contributed by atoms with E-state index in [9.17, 15) is 14.7 Å². The third-order valence-electron chi connectivity index (χ3n) is 5.77. The molecule has 0 aromatic heterocycles. The largest absolute Gasteiger partial charge is 0.493 e. The number of halogens is 1. The Balaban J connectivity index is 1.83. The van der Waals surface area contributed by atoms with Gasteiger partial charge in [0.15, 0.2) is 11.5 Å². The molecule has 1 N–H and O–H groups in total. The molecule has 0 radical (unpaired) electrons. The second kappa shape index (κ2) is 7.08. The maximum atomic E-state index is 12.6. The van der Waals surface area contributed by atoms with E-state index < -0.39 is 23.4 Å². The normalized spacial score (nSPS) is 27.4. The summed E-state index contributed by atoms with van der Waals surface area (Å²) >= 11 is 3.60. The van der Waals surface area contributed by atoms with Crippen LogP contribution < -0.4 is 9.47 Å². The molecule has 2 aliphatic heterocycles. The molecule has 0 fully saturated rings. The number of carbonyl (C=O) groups is 2. The van der Waals surface area contributed by atoms with Crippen LogP contribution >= 0.6 is 15.9 Å². The van der Waals surface area contributed by atoms with Gasteiger partial charge < -0.3 is 24.2 Å². The fourth-order valence-corrected chi connectivity index (χ4v) is 4.99. The Morgan fingerprint density at radius 1 is 1.46 bits per heavy atom. The Bertz CT molecular complexity index is 869. The molecule has 28 heavy (non-hydrogen) atoms. The van der Waals surface area contributed by atoms with Gasteiger partial charge in [-0.3, -0.25) is 4.79 Å². The van der Waals surface area contributed by atoms with Crippen molar-refractivity contribution in [2.75, 3.05) is 20.3 Å². The van der Waals surface area contributed by atoms with Crippen molar-refractivity contribution < 1.29 is 28.9 Å². The zero-order valence-corrected chi connectivity index (χ0v) is 17.3. The van der Waals surface area contributed by atoms with Crippen molar-refractivity contribution in [1.82, 2.24) is 4.90 Å². The van der Waals surface area contributed by atoms with Gasteiger partial charge in [0, 0.05) is 29.5 Å². The van der Waals surface area contributed by atoms with Gasteiger partial charge in [0.05, 0.1) is 25.2 Å². The number of benzene rings is 1. The molecule has 1 amide bonds. The summed E-state index contributed by atoms with van der Waals surface area (Å²) in [6.45, 7) is 2.46. The number of ether oxygens (including phenoxy) is 3. The van der Waals surface area contributed by atoms with Crippen LogP contribution in [-0.4, -0.2) is 54.4 Å². The van der Waals surface area contributed by atoms with Crippen molar-refractivity contribution in [3.8, 4) is 11.5 Å². The predicted octanol–water partition coefficient (Wildman–Crippen LogP) is 2.07. The lowest BCUT2D eigenvalue weighted by Gasteiger charge is -2.35. The summed E-state index contributed by atoms with van der Waals surface area (Å²) in [6, 6.07) is 1.82. The summed E-state index contributed by atoms with van der Waals surface area (Å²) in [5.41, 5.74) is 1.37. The van der Waals surface area contributed by atoms with E-state index in [1.807, 2.05) is 12.1 Å². The van der Waals surface area contributed by atoms with Crippen LogP contribution in [0.15, 0.2) is 22.7 Å². The SMILES string of the molecule is CCOC(=O)C(=O)N1CCC23C=CC(O)C[C@H]2Oc2c(OC)cc(Br)c(c23)C1. The highest BCUT2D eigenvalue weighted by molar-refractivity contribution is 9.10. The average molecular weight is 452 g/mol. The van der Waals surface area contributed by atoms with Crippen molar-refractivity contribution in [3.05, 3.63) is 33.8 Å². The van der Waals surface area contributed by atoms with Gasteiger partial charge in [-0.25, -0.2) is 4.79 Å². The van der Waals surface area contributed by atoms with E-state index in [4.69, 9.17) is 14.2 Å². The third kappa shape index (κ3) is 2.81. The first-order valence-electron chi connectivity index (χ1n) is 9.31. The minimum absolute atomic E-state index is 0.153. The Labute approximate surface area is 171 Å². The van der Waals surface area contributed by atoms with Gasteiger partial charge in [-0.1, -0.05) is 28.1 Å². The average Bonchev–Trinajstić information content (AvgIpc) is 2.89. The van der Waals surface area contributed by atoms with Crippen LogP contribution in [0, 0.1) is 0 Å². The molecular weight excluding hydrogens is 430 g/mol. The van der Waals surface area contributed by atoms with E-state index in [0.29, 0.717) is 30.9 Å². The van der Waals surface area contributed by atoms with E-state index in [-0.39, 0.29) is 19.3 Å². The first-order valence-corrected chi connectivity index (χ1v) is 10.1. The van der Waals surface area contributed by atoms with E-state index in [0.717, 1.165) is 15.6 Å². The standard InChI is InChI=1S/C20H22BrNO6/c1-3-27-19(25)18(24)22-7-6-20-5-4-11(23)8-15(20)28-17-14(26-2)9-13(21)12(10-22)16(17)20/h4-5,9,11,15,23H,3,6-8,10H2,1-2H3/t11?,15-,20?/m1/s1. The monoisotopic (exact) mass is 451 g/mol. The molecule has 150 valence electrons. The molecule has 2 unspecified atom stereocenters. The first kappa shape index (κ1) is 19.3. The van der Waals surface area contributed by atoms with E-state index in [2.05, 4.69) is 15.9 Å². The molecule has 1 spiro atoms. The first-order chi connectivity index (χ1) is 13.4. The van der Waals surface area contributed by atoms with Crippen LogP contribution in [0.4, 0.5) is 0 Å². The van der Waals surface area contributed by atoms with E-state index in [1.54, 1.807) is 20.1 Å². The number of amides is 1. The molecule has 1 aromatic carbocycles. The second-order valence-electron chi connectivity index (χ2n) is 7.25. The van der Waals surface area contributed by atoms with Crippen molar-refractivity contribution in [3.63, 3.8) is 0 Å². The lowest BCUT2D eigenvalue weighted by molar-refractivity contribution is -0.160. The van der Waals surface area contributed by atoms with Gasteiger partial charge in [-0.05, 0) is 25.0 Å². The molecule has 3 atom stereocenters. The zero-order chi connectivity index (χ0) is 20.1. The Morgan fingerprint density at radius 2 is 2.25 bits per heavy atom. The molecule has 3 aliphatic rings. The zero-order valence-electron chi connectivity index (χ0n) is 15.7.